The lowest BCUT2D eigenvalue weighted by Gasteiger charge is -2.07. The van der Waals surface area contributed by atoms with Gasteiger partial charge in [0.15, 0.2) is 5.76 Å². The molecule has 0 aliphatic rings. The molecule has 76 valence electrons. The normalized spacial score (nSPS) is 12.5. The molecule has 0 aromatic carbocycles. The molecule has 5 nitrogen and oxygen atoms in total. The highest BCUT2D eigenvalue weighted by Crippen LogP contribution is 2.27. The Bertz CT molecular complexity index is 227. The minimum atomic E-state index is -2.68. The SMILES string of the molecule is C=C(O[PH](=O)OCC(C)C)C(N)=O. The van der Waals surface area contributed by atoms with Crippen molar-refractivity contribution in [2.45, 2.75) is 13.8 Å². The van der Waals surface area contributed by atoms with Gasteiger partial charge in [-0.15, -0.1) is 0 Å². The predicted molar refractivity (Wildman–Crippen MR) is 49.2 cm³/mol. The van der Waals surface area contributed by atoms with Crippen LogP contribution in [0.1, 0.15) is 13.8 Å². The van der Waals surface area contributed by atoms with Crippen molar-refractivity contribution in [2.75, 3.05) is 6.61 Å². The van der Waals surface area contributed by atoms with Gasteiger partial charge in [-0.3, -0.25) is 4.79 Å². The number of amides is 1. The molecular formula is C7H14NO4P. The van der Waals surface area contributed by atoms with Crippen LogP contribution in [0.2, 0.25) is 0 Å². The zero-order valence-electron chi connectivity index (χ0n) is 7.70. The second-order valence-electron chi connectivity index (χ2n) is 2.84. The van der Waals surface area contributed by atoms with Crippen LogP contribution in [0.25, 0.3) is 0 Å². The van der Waals surface area contributed by atoms with E-state index in [1.54, 1.807) is 0 Å². The molecular weight excluding hydrogens is 193 g/mol. The molecule has 0 aliphatic carbocycles. The number of carbonyl (C=O) groups excluding carboxylic acids is 1. The van der Waals surface area contributed by atoms with E-state index in [0.717, 1.165) is 0 Å². The molecule has 0 rings (SSSR count). The quantitative estimate of drug-likeness (QED) is 0.401. The first-order valence-corrected chi connectivity index (χ1v) is 4.99. The average Bonchev–Trinajstić information content (AvgIpc) is 2.00. The zero-order chi connectivity index (χ0) is 10.4. The summed E-state index contributed by atoms with van der Waals surface area (Å²) in [5.41, 5.74) is 4.80. The maximum atomic E-state index is 10.9. The van der Waals surface area contributed by atoms with Gasteiger partial charge in [0.05, 0.1) is 6.61 Å². The molecule has 1 atom stereocenters. The summed E-state index contributed by atoms with van der Waals surface area (Å²) in [6, 6.07) is 0. The van der Waals surface area contributed by atoms with E-state index in [2.05, 4.69) is 11.1 Å². The summed E-state index contributed by atoms with van der Waals surface area (Å²) in [5, 5.41) is 0. The first-order valence-electron chi connectivity index (χ1n) is 3.76. The number of nitrogens with two attached hydrogens (primary N) is 1. The highest BCUT2D eigenvalue weighted by atomic mass is 31.1. The summed E-state index contributed by atoms with van der Waals surface area (Å²) in [6.45, 7) is 7.28. The van der Waals surface area contributed by atoms with Crippen LogP contribution < -0.4 is 5.73 Å². The van der Waals surface area contributed by atoms with Crippen LogP contribution in [0, 0.1) is 5.92 Å². The molecule has 0 aliphatic heterocycles. The fraction of sp³-hybridized carbons (Fsp3) is 0.571. The van der Waals surface area contributed by atoms with Gasteiger partial charge in [0.25, 0.3) is 5.91 Å². The van der Waals surface area contributed by atoms with Crippen LogP contribution in [-0.4, -0.2) is 12.5 Å². The third-order valence-electron chi connectivity index (χ3n) is 1.02. The monoisotopic (exact) mass is 207 g/mol. The maximum absolute atomic E-state index is 10.9. The second-order valence-corrected chi connectivity index (χ2v) is 3.84. The van der Waals surface area contributed by atoms with Crippen molar-refractivity contribution in [3.63, 3.8) is 0 Å². The van der Waals surface area contributed by atoms with Gasteiger partial charge in [-0.1, -0.05) is 20.4 Å². The lowest BCUT2D eigenvalue weighted by molar-refractivity contribution is -0.116. The topological polar surface area (TPSA) is 78.6 Å². The molecule has 0 aromatic rings. The lowest BCUT2D eigenvalue weighted by atomic mass is 10.2. The van der Waals surface area contributed by atoms with Crippen molar-refractivity contribution < 1.29 is 18.4 Å². The lowest BCUT2D eigenvalue weighted by Crippen LogP contribution is -2.13. The zero-order valence-corrected chi connectivity index (χ0v) is 8.70. The smallest absolute Gasteiger partial charge is 0.368 e. The molecule has 0 spiro atoms. The van der Waals surface area contributed by atoms with Crippen LogP contribution in [0.15, 0.2) is 12.3 Å². The Morgan fingerprint density at radius 2 is 2.15 bits per heavy atom. The largest absolute Gasteiger partial charge is 0.421 e. The number of hydrogen-bond acceptors (Lipinski definition) is 4. The van der Waals surface area contributed by atoms with Crippen LogP contribution >= 0.6 is 8.25 Å². The molecule has 1 unspecified atom stereocenters. The standard InChI is InChI=1S/C7H14NO4P/c1-5(2)4-11-13(10)12-6(3)7(8)9/h5,13H,3-4H2,1-2H3,(H2,8,9). The molecule has 0 heterocycles. The summed E-state index contributed by atoms with van der Waals surface area (Å²) < 4.78 is 20.2. The molecule has 6 heteroatoms. The van der Waals surface area contributed by atoms with Crippen molar-refractivity contribution >= 4 is 14.2 Å². The fourth-order valence-electron chi connectivity index (χ4n) is 0.415. The number of hydrogen-bond donors (Lipinski definition) is 1. The first-order chi connectivity index (χ1) is 5.93. The van der Waals surface area contributed by atoms with Crippen molar-refractivity contribution in [1.29, 1.82) is 0 Å². The van der Waals surface area contributed by atoms with Gasteiger partial charge in [0.1, 0.15) is 0 Å². The van der Waals surface area contributed by atoms with Gasteiger partial charge in [-0.25, -0.2) is 4.57 Å². The molecule has 0 bridgehead atoms. The Hall–Kier alpha value is -0.800. The van der Waals surface area contributed by atoms with Crippen molar-refractivity contribution in [3.8, 4) is 0 Å². The van der Waals surface area contributed by atoms with E-state index in [-0.39, 0.29) is 11.7 Å². The van der Waals surface area contributed by atoms with Crippen molar-refractivity contribution in [2.24, 2.45) is 11.7 Å². The Balaban J connectivity index is 3.75. The second kappa shape index (κ2) is 5.78. The van der Waals surface area contributed by atoms with Gasteiger partial charge in [-0.05, 0) is 5.92 Å². The van der Waals surface area contributed by atoms with Gasteiger partial charge in [0, 0.05) is 0 Å². The van der Waals surface area contributed by atoms with E-state index in [1.807, 2.05) is 13.8 Å². The summed E-state index contributed by atoms with van der Waals surface area (Å²) in [4.78, 5) is 10.4. The molecule has 0 saturated carbocycles. The Kier molecular flexibility index (Phi) is 5.42. The van der Waals surface area contributed by atoms with Crippen molar-refractivity contribution in [3.05, 3.63) is 12.3 Å². The molecule has 0 saturated heterocycles. The fourth-order valence-corrected chi connectivity index (χ4v) is 1.25. The highest BCUT2D eigenvalue weighted by Gasteiger charge is 2.08. The molecule has 13 heavy (non-hydrogen) atoms. The van der Waals surface area contributed by atoms with Gasteiger partial charge >= 0.3 is 8.25 Å². The van der Waals surface area contributed by atoms with E-state index in [1.165, 1.54) is 0 Å². The molecule has 0 radical (unpaired) electrons. The van der Waals surface area contributed by atoms with Crippen LogP contribution in [-0.2, 0) is 18.4 Å². The third-order valence-corrected chi connectivity index (χ3v) is 1.83. The summed E-state index contributed by atoms with van der Waals surface area (Å²) in [6.07, 6.45) is 0. The van der Waals surface area contributed by atoms with E-state index in [0.29, 0.717) is 6.61 Å². The van der Waals surface area contributed by atoms with Gasteiger partial charge < -0.3 is 14.8 Å². The van der Waals surface area contributed by atoms with Gasteiger partial charge in [0.2, 0.25) is 0 Å². The third kappa shape index (κ3) is 6.37. The first kappa shape index (κ1) is 12.2. The number of rotatable bonds is 6. The Morgan fingerprint density at radius 1 is 1.62 bits per heavy atom. The van der Waals surface area contributed by atoms with E-state index >= 15 is 0 Å². The number of primary amides is 1. The van der Waals surface area contributed by atoms with E-state index in [4.69, 9.17) is 10.3 Å². The van der Waals surface area contributed by atoms with E-state index < -0.39 is 14.2 Å². The Labute approximate surface area is 77.8 Å². The van der Waals surface area contributed by atoms with Gasteiger partial charge in [-0.2, -0.15) is 0 Å². The predicted octanol–water partition coefficient (Wildman–Crippen LogP) is 1.06. The molecule has 0 fully saturated rings. The van der Waals surface area contributed by atoms with Crippen LogP contribution in [0.5, 0.6) is 0 Å². The highest BCUT2D eigenvalue weighted by molar-refractivity contribution is 7.33. The minimum Gasteiger partial charge on any atom is -0.421 e. The minimum absolute atomic E-state index is 0.249. The van der Waals surface area contributed by atoms with Crippen LogP contribution in [0.3, 0.4) is 0 Å². The number of carbonyl (C=O) groups is 1. The van der Waals surface area contributed by atoms with Crippen LogP contribution in [0.4, 0.5) is 0 Å². The summed E-state index contributed by atoms with van der Waals surface area (Å²) >= 11 is 0. The summed E-state index contributed by atoms with van der Waals surface area (Å²) in [5.74, 6) is -0.932. The maximum Gasteiger partial charge on any atom is 0.368 e. The van der Waals surface area contributed by atoms with Crippen molar-refractivity contribution in [1.82, 2.24) is 0 Å². The molecule has 0 aromatic heterocycles. The Morgan fingerprint density at radius 3 is 2.54 bits per heavy atom. The summed E-state index contributed by atoms with van der Waals surface area (Å²) in [7, 11) is -2.68. The average molecular weight is 207 g/mol. The molecule has 1 amide bonds. The molecule has 2 N–H and O–H groups in total. The van der Waals surface area contributed by atoms with E-state index in [9.17, 15) is 9.36 Å².